The Balaban J connectivity index is 0. The number of hydrogen-bond donors (Lipinski definition) is 4. The second-order valence-corrected chi connectivity index (χ2v) is 3.99. The molecule has 15 heavy (non-hydrogen) atoms. The average Bonchev–Trinajstić information content (AvgIpc) is 2.31. The van der Waals surface area contributed by atoms with Crippen molar-refractivity contribution in [2.75, 3.05) is 0 Å². The van der Waals surface area contributed by atoms with Gasteiger partial charge in [-0.1, -0.05) is 44.9 Å². The van der Waals surface area contributed by atoms with Crippen LogP contribution in [-0.4, -0.2) is 19.6 Å². The van der Waals surface area contributed by atoms with Gasteiger partial charge in [-0.3, -0.25) is 0 Å². The van der Waals surface area contributed by atoms with E-state index in [1.807, 2.05) is 0 Å². The maximum atomic E-state index is 8.70. The van der Waals surface area contributed by atoms with Gasteiger partial charge in [0.05, 0.1) is 0 Å². The van der Waals surface area contributed by atoms with Crippen LogP contribution >= 0.6 is 16.5 Å². The lowest BCUT2D eigenvalue weighted by Gasteiger charge is -1.85. The molecule has 0 atom stereocenters. The molecule has 0 heterocycles. The Kier molecular flexibility index (Phi) is 16.3. The second-order valence-electron chi connectivity index (χ2n) is 2.98. The largest absolute Gasteiger partial charge is 0.692 e. The summed E-state index contributed by atoms with van der Waals surface area (Å²) in [5, 5.41) is 0. The first-order chi connectivity index (χ1) is 6.96. The van der Waals surface area contributed by atoms with Crippen LogP contribution in [0.1, 0.15) is 44.9 Å². The van der Waals surface area contributed by atoms with Crippen LogP contribution in [0.25, 0.3) is 0 Å². The van der Waals surface area contributed by atoms with E-state index in [0.29, 0.717) is 0 Å². The van der Waals surface area contributed by atoms with Gasteiger partial charge < -0.3 is 0 Å². The van der Waals surface area contributed by atoms with Crippen LogP contribution in [0.2, 0.25) is 0 Å². The minimum absolute atomic E-state index is 1.50. The molecule has 0 aromatic heterocycles. The summed E-state index contributed by atoms with van der Waals surface area (Å²) in [7, 11) is -5.74. The monoisotopic (exact) mass is 260 g/mol. The molecule has 0 bridgehead atoms. The smallest absolute Gasteiger partial charge is 0.134 e. The Morgan fingerprint density at radius 2 is 0.600 bits per heavy atom. The molecule has 1 rings (SSSR count). The minimum Gasteiger partial charge on any atom is -0.134 e. The van der Waals surface area contributed by atoms with Gasteiger partial charge in [-0.25, -0.2) is 0 Å². The van der Waals surface area contributed by atoms with E-state index in [0.717, 1.165) is 0 Å². The molecule has 0 amide bonds. The minimum atomic E-state index is -2.87. The maximum Gasteiger partial charge on any atom is 0.692 e. The fourth-order valence-corrected chi connectivity index (χ4v) is 1.24. The molecule has 0 aliphatic heterocycles. The van der Waals surface area contributed by atoms with Gasteiger partial charge in [-0.05, 0) is 0 Å². The summed E-state index contributed by atoms with van der Waals surface area (Å²) in [6, 6.07) is 0. The van der Waals surface area contributed by atoms with E-state index in [-0.39, 0.29) is 0 Å². The molecular weight excluding hydrogens is 242 g/mol. The van der Waals surface area contributed by atoms with Gasteiger partial charge in [-0.2, -0.15) is 0 Å². The van der Waals surface area contributed by atoms with Crippen molar-refractivity contribution in [2.24, 2.45) is 0 Å². The van der Waals surface area contributed by atoms with E-state index < -0.39 is 16.5 Å². The molecule has 6 nitrogen and oxygen atoms in total. The highest BCUT2D eigenvalue weighted by atomic mass is 31.1. The highest BCUT2D eigenvalue weighted by Gasteiger charge is 1.95. The molecule has 1 aliphatic carbocycles. The molecule has 8 heteroatoms. The Morgan fingerprint density at radius 1 is 0.533 bits per heavy atom. The Hall–Kier alpha value is 0.0400. The lowest BCUT2D eigenvalue weighted by Crippen LogP contribution is -1.66. The zero-order chi connectivity index (χ0) is 12.1. The fourth-order valence-electron chi connectivity index (χ4n) is 1.24. The van der Waals surface area contributed by atoms with Gasteiger partial charge in [-0.15, -0.1) is 19.6 Å². The maximum absolute atomic E-state index is 8.70. The lowest BCUT2D eigenvalue weighted by atomic mass is 10.2. The number of rotatable bonds is 0. The highest BCUT2D eigenvalue weighted by molar-refractivity contribution is 7.31. The summed E-state index contributed by atoms with van der Waals surface area (Å²) < 4.78 is 17.4. The number of hydrogen-bond acceptors (Lipinski definition) is 2. The van der Waals surface area contributed by atoms with Crippen LogP contribution in [-0.2, 0) is 9.13 Å². The Morgan fingerprint density at radius 3 is 0.667 bits per heavy atom. The molecule has 90 valence electrons. The lowest BCUT2D eigenvalue weighted by molar-refractivity contribution is 0.403. The molecule has 0 aromatic carbocycles. The van der Waals surface area contributed by atoms with E-state index >= 15 is 0 Å². The molecule has 0 unspecified atom stereocenters. The SMILES string of the molecule is C1CCCCCC1.O=[P+](O)O.O=[P+](O)O. The molecule has 1 aliphatic rings. The van der Waals surface area contributed by atoms with Gasteiger partial charge in [0.15, 0.2) is 0 Å². The van der Waals surface area contributed by atoms with Crippen molar-refractivity contribution in [1.29, 1.82) is 0 Å². The van der Waals surface area contributed by atoms with E-state index in [9.17, 15) is 0 Å². The summed E-state index contributed by atoms with van der Waals surface area (Å²) in [4.78, 5) is 28.5. The molecule has 0 radical (unpaired) electrons. The summed E-state index contributed by atoms with van der Waals surface area (Å²) >= 11 is 0. The van der Waals surface area contributed by atoms with Crippen molar-refractivity contribution in [3.05, 3.63) is 0 Å². The zero-order valence-corrected chi connectivity index (χ0v) is 10.2. The highest BCUT2D eigenvalue weighted by Crippen LogP contribution is 2.15. The summed E-state index contributed by atoms with van der Waals surface area (Å²) in [6.07, 6.45) is 10.5. The van der Waals surface area contributed by atoms with Crippen molar-refractivity contribution < 1.29 is 28.7 Å². The summed E-state index contributed by atoms with van der Waals surface area (Å²) in [5.74, 6) is 0. The molecule has 0 aromatic rings. The molecule has 1 saturated carbocycles. The predicted molar refractivity (Wildman–Crippen MR) is 56.4 cm³/mol. The van der Waals surface area contributed by atoms with Gasteiger partial charge in [0.1, 0.15) is 0 Å². The second kappa shape index (κ2) is 14.0. The van der Waals surface area contributed by atoms with E-state index in [1.54, 1.807) is 0 Å². The third kappa shape index (κ3) is 41.1. The van der Waals surface area contributed by atoms with Gasteiger partial charge in [0.25, 0.3) is 0 Å². The first-order valence-corrected chi connectivity index (χ1v) is 7.00. The molecular formula is C7H18O6P2+2. The van der Waals surface area contributed by atoms with E-state index in [4.69, 9.17) is 28.7 Å². The molecule has 1 fully saturated rings. The van der Waals surface area contributed by atoms with Crippen LogP contribution < -0.4 is 0 Å². The predicted octanol–water partition coefficient (Wildman–Crippen LogP) is 1.99. The van der Waals surface area contributed by atoms with Crippen LogP contribution in [0.15, 0.2) is 0 Å². The Labute approximate surface area is 90.9 Å². The fraction of sp³-hybridized carbons (Fsp3) is 1.00. The van der Waals surface area contributed by atoms with E-state index in [2.05, 4.69) is 0 Å². The standard InChI is InChI=1S/C7H14.2HO3P/c1-2-4-6-7-5-3-1;2*1-4(2)3/h1-7H2;2*(H-,1,2,3)/p+2. The van der Waals surface area contributed by atoms with Crippen molar-refractivity contribution >= 4 is 16.5 Å². The third-order valence-corrected chi connectivity index (χ3v) is 1.75. The summed E-state index contributed by atoms with van der Waals surface area (Å²) in [6.45, 7) is 0. The van der Waals surface area contributed by atoms with Crippen molar-refractivity contribution in [2.45, 2.75) is 44.9 Å². The quantitative estimate of drug-likeness (QED) is 0.391. The van der Waals surface area contributed by atoms with Crippen LogP contribution in [0.3, 0.4) is 0 Å². The van der Waals surface area contributed by atoms with Crippen LogP contribution in [0.5, 0.6) is 0 Å². The molecule has 0 spiro atoms. The molecule has 4 N–H and O–H groups in total. The van der Waals surface area contributed by atoms with Crippen molar-refractivity contribution in [1.82, 2.24) is 0 Å². The van der Waals surface area contributed by atoms with Crippen molar-refractivity contribution in [3.8, 4) is 0 Å². The first kappa shape index (κ1) is 17.4. The first-order valence-electron chi connectivity index (χ1n) is 4.67. The zero-order valence-electron chi connectivity index (χ0n) is 8.45. The van der Waals surface area contributed by atoms with Crippen LogP contribution in [0.4, 0.5) is 0 Å². The topological polar surface area (TPSA) is 115 Å². The normalized spacial score (nSPS) is 14.7. The molecule has 0 saturated heterocycles. The summed E-state index contributed by atoms with van der Waals surface area (Å²) in [5.41, 5.74) is 0. The van der Waals surface area contributed by atoms with Gasteiger partial charge in [0, 0.05) is 9.13 Å². The average molecular weight is 260 g/mol. The van der Waals surface area contributed by atoms with Gasteiger partial charge in [0.2, 0.25) is 0 Å². The van der Waals surface area contributed by atoms with Gasteiger partial charge >= 0.3 is 16.5 Å². The third-order valence-electron chi connectivity index (χ3n) is 1.75. The van der Waals surface area contributed by atoms with Crippen molar-refractivity contribution in [3.63, 3.8) is 0 Å². The van der Waals surface area contributed by atoms with Crippen LogP contribution in [0, 0.1) is 0 Å². The van der Waals surface area contributed by atoms with E-state index in [1.165, 1.54) is 44.9 Å². The Bertz CT molecular complexity index is 135.